The minimum Gasteiger partial charge on any atom is -0.393 e. The molecule has 2 atom stereocenters. The van der Waals surface area contributed by atoms with E-state index in [1.807, 2.05) is 0 Å². The lowest BCUT2D eigenvalue weighted by Gasteiger charge is -2.10. The van der Waals surface area contributed by atoms with Crippen LogP contribution in [-0.4, -0.2) is 33.3 Å². The quantitative estimate of drug-likeness (QED) is 0.704. The second-order valence-corrected chi connectivity index (χ2v) is 4.42. The van der Waals surface area contributed by atoms with Crippen LogP contribution >= 0.6 is 11.8 Å². The van der Waals surface area contributed by atoms with E-state index in [2.05, 4.69) is 4.98 Å². The highest BCUT2D eigenvalue weighted by Crippen LogP contribution is 2.34. The van der Waals surface area contributed by atoms with Crippen molar-refractivity contribution in [1.29, 1.82) is 0 Å². The van der Waals surface area contributed by atoms with Gasteiger partial charge in [-0.05, 0) is 6.07 Å². The summed E-state index contributed by atoms with van der Waals surface area (Å²) in [7, 11) is 0. The van der Waals surface area contributed by atoms with Crippen molar-refractivity contribution in [1.82, 2.24) is 9.55 Å². The second-order valence-electron chi connectivity index (χ2n) is 3.08. The van der Waals surface area contributed by atoms with Gasteiger partial charge in [-0.15, -0.1) is 11.8 Å². The molecule has 0 aromatic carbocycles. The van der Waals surface area contributed by atoms with Crippen molar-refractivity contribution in [2.24, 2.45) is 0 Å². The Hall–Kier alpha value is -1.05. The van der Waals surface area contributed by atoms with Gasteiger partial charge in [-0.2, -0.15) is 4.98 Å². The maximum absolute atomic E-state index is 11.5. The van der Waals surface area contributed by atoms with E-state index in [1.54, 1.807) is 12.3 Å². The zero-order valence-corrected chi connectivity index (χ0v) is 8.68. The Morgan fingerprint density at radius 1 is 1.80 bits per heavy atom. The fourth-order valence-corrected chi connectivity index (χ4v) is 2.37. The molecular formula is C8H11N3O3S. The van der Waals surface area contributed by atoms with E-state index in [9.17, 15) is 4.79 Å². The number of nitrogen functional groups attached to an aromatic ring is 1. The van der Waals surface area contributed by atoms with Gasteiger partial charge in [0.05, 0.1) is 13.2 Å². The van der Waals surface area contributed by atoms with Gasteiger partial charge >= 0.3 is 5.69 Å². The molecule has 3 N–H and O–H groups in total. The van der Waals surface area contributed by atoms with Gasteiger partial charge in [-0.3, -0.25) is 4.57 Å². The van der Waals surface area contributed by atoms with Crippen LogP contribution in [0.25, 0.3) is 0 Å². The summed E-state index contributed by atoms with van der Waals surface area (Å²) in [6, 6.07) is 1.56. The number of aromatic nitrogens is 2. The summed E-state index contributed by atoms with van der Waals surface area (Å²) in [5.41, 5.74) is 4.72. The summed E-state index contributed by atoms with van der Waals surface area (Å²) in [6.45, 7) is 0.333. The summed E-state index contributed by atoms with van der Waals surface area (Å²) >= 11 is 1.39. The van der Waals surface area contributed by atoms with Crippen LogP contribution in [0.2, 0.25) is 0 Å². The third-order valence-electron chi connectivity index (χ3n) is 2.04. The number of anilines is 1. The summed E-state index contributed by atoms with van der Waals surface area (Å²) in [6.07, 6.45) is 1.59. The number of aliphatic hydroxyl groups is 1. The first-order chi connectivity index (χ1) is 7.20. The van der Waals surface area contributed by atoms with Crippen molar-refractivity contribution in [3.05, 3.63) is 22.7 Å². The second kappa shape index (κ2) is 4.21. The van der Waals surface area contributed by atoms with Gasteiger partial charge in [0.2, 0.25) is 0 Å². The summed E-state index contributed by atoms with van der Waals surface area (Å²) < 4.78 is 6.70. The van der Waals surface area contributed by atoms with Crippen LogP contribution < -0.4 is 11.4 Å². The molecule has 7 heteroatoms. The molecule has 1 aliphatic rings. The van der Waals surface area contributed by atoms with E-state index in [4.69, 9.17) is 15.6 Å². The normalized spacial score (nSPS) is 25.7. The SMILES string of the molecule is Nc1ccn([C@H]2COC(CO)S2)c(=O)n1. The smallest absolute Gasteiger partial charge is 0.350 e. The van der Waals surface area contributed by atoms with E-state index >= 15 is 0 Å². The van der Waals surface area contributed by atoms with Crippen LogP contribution in [0.5, 0.6) is 0 Å². The molecule has 0 saturated carbocycles. The molecule has 1 aliphatic heterocycles. The maximum Gasteiger partial charge on any atom is 0.350 e. The molecule has 1 fully saturated rings. The third kappa shape index (κ3) is 2.14. The number of nitrogens with two attached hydrogens (primary N) is 1. The maximum atomic E-state index is 11.5. The minimum absolute atomic E-state index is 0.0572. The van der Waals surface area contributed by atoms with Crippen molar-refractivity contribution in [2.75, 3.05) is 18.9 Å². The molecule has 15 heavy (non-hydrogen) atoms. The molecule has 2 heterocycles. The number of hydrogen-bond donors (Lipinski definition) is 2. The van der Waals surface area contributed by atoms with Crippen molar-refractivity contribution < 1.29 is 9.84 Å². The number of thioether (sulfide) groups is 1. The molecule has 6 nitrogen and oxygen atoms in total. The predicted octanol–water partition coefficient (Wildman–Crippen LogP) is -0.594. The lowest BCUT2D eigenvalue weighted by atomic mass is 10.5. The first-order valence-corrected chi connectivity index (χ1v) is 5.37. The van der Waals surface area contributed by atoms with E-state index in [-0.39, 0.29) is 23.2 Å². The molecule has 1 saturated heterocycles. The molecular weight excluding hydrogens is 218 g/mol. The average molecular weight is 229 g/mol. The Morgan fingerprint density at radius 2 is 2.60 bits per heavy atom. The molecule has 0 amide bonds. The number of hydrogen-bond acceptors (Lipinski definition) is 6. The summed E-state index contributed by atoms with van der Waals surface area (Å²) in [5, 5.41) is 8.74. The van der Waals surface area contributed by atoms with Crippen molar-refractivity contribution >= 4 is 17.6 Å². The number of nitrogens with zero attached hydrogens (tertiary/aromatic N) is 2. The molecule has 82 valence electrons. The molecule has 0 aliphatic carbocycles. The highest BCUT2D eigenvalue weighted by atomic mass is 32.2. The highest BCUT2D eigenvalue weighted by Gasteiger charge is 2.27. The van der Waals surface area contributed by atoms with Crippen LogP contribution in [0.15, 0.2) is 17.1 Å². The zero-order chi connectivity index (χ0) is 10.8. The molecule has 0 spiro atoms. The van der Waals surface area contributed by atoms with Crippen molar-refractivity contribution in [3.63, 3.8) is 0 Å². The topological polar surface area (TPSA) is 90.4 Å². The van der Waals surface area contributed by atoms with E-state index in [1.165, 1.54) is 16.3 Å². The van der Waals surface area contributed by atoms with Gasteiger partial charge in [-0.25, -0.2) is 4.79 Å². The highest BCUT2D eigenvalue weighted by molar-refractivity contribution is 8.00. The van der Waals surface area contributed by atoms with Gasteiger partial charge in [0, 0.05) is 6.20 Å². The molecule has 1 aromatic heterocycles. The monoisotopic (exact) mass is 229 g/mol. The van der Waals surface area contributed by atoms with E-state index < -0.39 is 5.69 Å². The van der Waals surface area contributed by atoms with Crippen LogP contribution in [0.3, 0.4) is 0 Å². The van der Waals surface area contributed by atoms with Gasteiger partial charge in [0.15, 0.2) is 0 Å². The van der Waals surface area contributed by atoms with Gasteiger partial charge < -0.3 is 15.6 Å². The fourth-order valence-electron chi connectivity index (χ4n) is 1.33. The standard InChI is InChI=1S/C8H11N3O3S/c9-5-1-2-11(8(13)10-5)6-4-14-7(3-12)15-6/h1-2,6-7,12H,3-4H2,(H2,9,10,13)/t6-,7?/m1/s1. The van der Waals surface area contributed by atoms with Crippen LogP contribution in [0, 0.1) is 0 Å². The Kier molecular flexibility index (Phi) is 2.94. The van der Waals surface area contributed by atoms with Crippen LogP contribution in [0.1, 0.15) is 5.37 Å². The number of ether oxygens (including phenoxy) is 1. The van der Waals surface area contributed by atoms with Crippen LogP contribution in [0.4, 0.5) is 5.82 Å². The Bertz CT molecular complexity index is 408. The number of rotatable bonds is 2. The molecule has 1 aromatic rings. The third-order valence-corrected chi connectivity index (χ3v) is 3.31. The lowest BCUT2D eigenvalue weighted by molar-refractivity contribution is 0.0803. The Morgan fingerprint density at radius 3 is 3.20 bits per heavy atom. The molecule has 2 rings (SSSR count). The molecule has 0 bridgehead atoms. The van der Waals surface area contributed by atoms with Gasteiger partial charge in [0.25, 0.3) is 0 Å². The van der Waals surface area contributed by atoms with E-state index in [0.29, 0.717) is 6.61 Å². The molecule has 1 unspecified atom stereocenters. The van der Waals surface area contributed by atoms with Crippen molar-refractivity contribution in [3.8, 4) is 0 Å². The minimum atomic E-state index is -0.394. The van der Waals surface area contributed by atoms with Crippen molar-refractivity contribution in [2.45, 2.75) is 10.8 Å². The summed E-state index contributed by atoms with van der Waals surface area (Å²) in [5.74, 6) is 0.207. The Balaban J connectivity index is 2.20. The molecule has 0 radical (unpaired) electrons. The Labute approximate surface area is 90.1 Å². The first-order valence-electron chi connectivity index (χ1n) is 4.43. The first kappa shape index (κ1) is 10.5. The van der Waals surface area contributed by atoms with Gasteiger partial charge in [0.1, 0.15) is 16.6 Å². The number of aliphatic hydroxyl groups excluding tert-OH is 1. The fraction of sp³-hybridized carbons (Fsp3) is 0.500. The van der Waals surface area contributed by atoms with E-state index in [0.717, 1.165) is 0 Å². The van der Waals surface area contributed by atoms with Crippen LogP contribution in [-0.2, 0) is 4.74 Å². The largest absolute Gasteiger partial charge is 0.393 e. The lowest BCUT2D eigenvalue weighted by Crippen LogP contribution is -2.26. The predicted molar refractivity (Wildman–Crippen MR) is 56.4 cm³/mol. The summed E-state index contributed by atoms with van der Waals surface area (Å²) in [4.78, 5) is 15.1. The zero-order valence-electron chi connectivity index (χ0n) is 7.87. The average Bonchev–Trinajstić information content (AvgIpc) is 2.66. The van der Waals surface area contributed by atoms with Gasteiger partial charge in [-0.1, -0.05) is 0 Å².